The van der Waals surface area contributed by atoms with Gasteiger partial charge in [-0.3, -0.25) is 9.59 Å². The lowest BCUT2D eigenvalue weighted by Gasteiger charge is -2.11. The molecule has 142 valence electrons. The Bertz CT molecular complexity index is 946. The zero-order valence-electron chi connectivity index (χ0n) is 15.3. The van der Waals surface area contributed by atoms with Crippen LogP contribution in [0.5, 0.6) is 5.75 Å². The number of nitrogens with one attached hydrogen (secondary N) is 2. The monoisotopic (exact) mass is 376 g/mol. The summed E-state index contributed by atoms with van der Waals surface area (Å²) < 4.78 is 10.2. The van der Waals surface area contributed by atoms with Crippen LogP contribution < -0.4 is 15.4 Å². The van der Waals surface area contributed by atoms with Crippen LogP contribution in [0.3, 0.4) is 0 Å². The molecule has 0 radical (unpaired) electrons. The van der Waals surface area contributed by atoms with Crippen LogP contribution >= 0.6 is 0 Å². The van der Waals surface area contributed by atoms with Crippen molar-refractivity contribution in [2.24, 2.45) is 0 Å². The number of hydrogen-bond donors (Lipinski definition) is 2. The number of benzene rings is 2. The average molecular weight is 376 g/mol. The zero-order chi connectivity index (χ0) is 19.8. The summed E-state index contributed by atoms with van der Waals surface area (Å²) in [7, 11) is 1.58. The molecule has 2 N–H and O–H groups in total. The van der Waals surface area contributed by atoms with Crippen molar-refractivity contribution in [3.63, 3.8) is 0 Å². The lowest BCUT2D eigenvalue weighted by atomic mass is 10.1. The Hall–Kier alpha value is -3.80. The van der Waals surface area contributed by atoms with Gasteiger partial charge in [0.1, 0.15) is 11.4 Å². The van der Waals surface area contributed by atoms with E-state index >= 15 is 0 Å². The second kappa shape index (κ2) is 9.23. The van der Waals surface area contributed by atoms with Crippen molar-refractivity contribution in [3.8, 4) is 5.75 Å². The van der Waals surface area contributed by atoms with E-state index in [-0.39, 0.29) is 11.5 Å². The first-order chi connectivity index (χ1) is 13.7. The van der Waals surface area contributed by atoms with Crippen LogP contribution in [0, 0.1) is 0 Å². The Balaban J connectivity index is 1.79. The van der Waals surface area contributed by atoms with Crippen LogP contribution in [-0.2, 0) is 11.3 Å². The number of carbonyl (C=O) groups is 2. The summed E-state index contributed by atoms with van der Waals surface area (Å²) in [5.41, 5.74) is 1.81. The van der Waals surface area contributed by atoms with Gasteiger partial charge in [0.2, 0.25) is 0 Å². The molecule has 2 aromatic carbocycles. The van der Waals surface area contributed by atoms with E-state index in [1.807, 2.05) is 30.3 Å². The van der Waals surface area contributed by atoms with Crippen LogP contribution in [0.25, 0.3) is 6.08 Å². The fourth-order valence-corrected chi connectivity index (χ4v) is 2.49. The third-order valence-electron chi connectivity index (χ3n) is 3.96. The van der Waals surface area contributed by atoms with Gasteiger partial charge in [-0.1, -0.05) is 42.5 Å². The summed E-state index contributed by atoms with van der Waals surface area (Å²) >= 11 is 0. The highest BCUT2D eigenvalue weighted by Crippen LogP contribution is 2.14. The number of rotatable bonds is 7. The lowest BCUT2D eigenvalue weighted by molar-refractivity contribution is -0.117. The van der Waals surface area contributed by atoms with Gasteiger partial charge in [-0.25, -0.2) is 0 Å². The van der Waals surface area contributed by atoms with E-state index in [9.17, 15) is 9.59 Å². The summed E-state index contributed by atoms with van der Waals surface area (Å²) in [4.78, 5) is 25.0. The second-order valence-electron chi connectivity index (χ2n) is 5.93. The summed E-state index contributed by atoms with van der Waals surface area (Å²) in [5.74, 6) is -0.0810. The molecule has 0 spiro atoms. The maximum atomic E-state index is 12.7. The van der Waals surface area contributed by atoms with E-state index < -0.39 is 11.8 Å². The Morgan fingerprint density at radius 3 is 2.39 bits per heavy atom. The SMILES string of the molecule is COc1ccc(/C=C(\NC(=O)c2ccco2)C(=O)NCc2ccccc2)cc1. The molecule has 2 amide bonds. The molecule has 0 unspecified atom stereocenters. The van der Waals surface area contributed by atoms with E-state index in [2.05, 4.69) is 10.6 Å². The maximum Gasteiger partial charge on any atom is 0.291 e. The molecule has 0 aliphatic carbocycles. The predicted octanol–water partition coefficient (Wildman–Crippen LogP) is 3.38. The Kier molecular flexibility index (Phi) is 6.25. The Morgan fingerprint density at radius 2 is 1.75 bits per heavy atom. The molecule has 0 aliphatic rings. The number of ether oxygens (including phenoxy) is 1. The molecule has 0 saturated carbocycles. The molecular weight excluding hydrogens is 356 g/mol. The fourth-order valence-electron chi connectivity index (χ4n) is 2.49. The van der Waals surface area contributed by atoms with E-state index in [0.717, 1.165) is 11.1 Å². The van der Waals surface area contributed by atoms with Crippen LogP contribution in [0.2, 0.25) is 0 Å². The van der Waals surface area contributed by atoms with Crippen molar-refractivity contribution in [1.29, 1.82) is 0 Å². The van der Waals surface area contributed by atoms with Crippen LogP contribution in [0.4, 0.5) is 0 Å². The smallest absolute Gasteiger partial charge is 0.291 e. The molecule has 3 aromatic rings. The van der Waals surface area contributed by atoms with E-state index in [4.69, 9.17) is 9.15 Å². The predicted molar refractivity (Wildman–Crippen MR) is 105 cm³/mol. The fraction of sp³-hybridized carbons (Fsp3) is 0.0909. The van der Waals surface area contributed by atoms with Crippen LogP contribution in [0.15, 0.2) is 83.1 Å². The molecule has 0 fully saturated rings. The van der Waals surface area contributed by atoms with Crippen molar-refractivity contribution in [3.05, 3.63) is 95.6 Å². The molecule has 0 saturated heterocycles. The molecule has 0 atom stereocenters. The van der Waals surface area contributed by atoms with E-state index in [0.29, 0.717) is 12.3 Å². The molecule has 0 bridgehead atoms. The minimum atomic E-state index is -0.500. The molecular formula is C22H20N2O4. The van der Waals surface area contributed by atoms with Crippen molar-refractivity contribution in [2.75, 3.05) is 7.11 Å². The van der Waals surface area contributed by atoms with Gasteiger partial charge in [0.25, 0.3) is 11.8 Å². The van der Waals surface area contributed by atoms with Crippen molar-refractivity contribution in [1.82, 2.24) is 10.6 Å². The zero-order valence-corrected chi connectivity index (χ0v) is 15.3. The van der Waals surface area contributed by atoms with Crippen molar-refractivity contribution < 1.29 is 18.7 Å². The topological polar surface area (TPSA) is 80.6 Å². The van der Waals surface area contributed by atoms with Crippen molar-refractivity contribution >= 4 is 17.9 Å². The number of carbonyl (C=O) groups excluding carboxylic acids is 2. The van der Waals surface area contributed by atoms with E-state index in [1.165, 1.54) is 12.3 Å². The highest BCUT2D eigenvalue weighted by Gasteiger charge is 2.16. The number of methoxy groups -OCH3 is 1. The molecule has 3 rings (SSSR count). The molecule has 6 nitrogen and oxygen atoms in total. The minimum absolute atomic E-state index is 0.113. The van der Waals surface area contributed by atoms with E-state index in [1.54, 1.807) is 43.5 Å². The molecule has 0 aliphatic heterocycles. The first-order valence-electron chi connectivity index (χ1n) is 8.68. The summed E-state index contributed by atoms with van der Waals surface area (Å²) in [5, 5.41) is 5.43. The quantitative estimate of drug-likeness (QED) is 0.620. The van der Waals surface area contributed by atoms with Gasteiger partial charge in [0.15, 0.2) is 5.76 Å². The largest absolute Gasteiger partial charge is 0.497 e. The average Bonchev–Trinajstić information content (AvgIpc) is 3.28. The van der Waals surface area contributed by atoms with Crippen LogP contribution in [0.1, 0.15) is 21.7 Å². The Labute approximate surface area is 162 Å². The van der Waals surface area contributed by atoms with Gasteiger partial charge in [0, 0.05) is 6.54 Å². The minimum Gasteiger partial charge on any atom is -0.497 e. The molecule has 1 aromatic heterocycles. The highest BCUT2D eigenvalue weighted by atomic mass is 16.5. The molecule has 6 heteroatoms. The van der Waals surface area contributed by atoms with Crippen molar-refractivity contribution in [2.45, 2.75) is 6.54 Å². The van der Waals surface area contributed by atoms with Gasteiger partial charge in [-0.15, -0.1) is 0 Å². The first-order valence-corrected chi connectivity index (χ1v) is 8.68. The lowest BCUT2D eigenvalue weighted by Crippen LogP contribution is -2.34. The van der Waals surface area contributed by atoms with Gasteiger partial charge >= 0.3 is 0 Å². The number of furan rings is 1. The third-order valence-corrected chi connectivity index (χ3v) is 3.96. The first kappa shape index (κ1) is 19.0. The van der Waals surface area contributed by atoms with Gasteiger partial charge in [-0.2, -0.15) is 0 Å². The second-order valence-corrected chi connectivity index (χ2v) is 5.93. The Morgan fingerprint density at radius 1 is 1.00 bits per heavy atom. The number of hydrogen-bond acceptors (Lipinski definition) is 4. The highest BCUT2D eigenvalue weighted by molar-refractivity contribution is 6.04. The van der Waals surface area contributed by atoms with Gasteiger partial charge in [-0.05, 0) is 41.5 Å². The standard InChI is InChI=1S/C22H20N2O4/c1-27-18-11-9-16(10-12-18)14-19(24-22(26)20-8-5-13-28-20)21(25)23-15-17-6-3-2-4-7-17/h2-14H,15H2,1H3,(H,23,25)(H,24,26)/b19-14-. The third kappa shape index (κ3) is 5.11. The molecule has 28 heavy (non-hydrogen) atoms. The maximum absolute atomic E-state index is 12.7. The van der Waals surface area contributed by atoms with Crippen LogP contribution in [-0.4, -0.2) is 18.9 Å². The summed E-state index contributed by atoms with van der Waals surface area (Å²) in [6.45, 7) is 0.344. The summed E-state index contributed by atoms with van der Waals surface area (Å²) in [6.07, 6.45) is 3.00. The van der Waals surface area contributed by atoms with Gasteiger partial charge < -0.3 is 19.8 Å². The van der Waals surface area contributed by atoms with Gasteiger partial charge in [0.05, 0.1) is 13.4 Å². The number of amides is 2. The molecule has 1 heterocycles. The summed E-state index contributed by atoms with van der Waals surface area (Å²) in [6, 6.07) is 19.8. The normalized spacial score (nSPS) is 11.0.